The predicted octanol–water partition coefficient (Wildman–Crippen LogP) is -0.476. The van der Waals surface area contributed by atoms with Gasteiger partial charge < -0.3 is 14.8 Å². The molecule has 1 N–H and O–H groups in total. The number of likely N-dealkylation sites (N-methyl/N-ethyl adjacent to an activating group) is 1. The van der Waals surface area contributed by atoms with Crippen LogP contribution < -0.4 is 0 Å². The molecule has 5 heteroatoms. The quantitative estimate of drug-likeness (QED) is 0.613. The van der Waals surface area contributed by atoms with Gasteiger partial charge in [0.1, 0.15) is 6.29 Å². The minimum Gasteiger partial charge on any atom is -0.481 e. The number of aldehydes is 1. The summed E-state index contributed by atoms with van der Waals surface area (Å²) in [6.07, 6.45) is 0.978. The van der Waals surface area contributed by atoms with Gasteiger partial charge in [-0.25, -0.2) is 0 Å². The molecule has 0 aromatic heterocycles. The summed E-state index contributed by atoms with van der Waals surface area (Å²) in [6.45, 7) is 5.94. The first-order valence-electron chi connectivity index (χ1n) is 4.60. The zero-order chi connectivity index (χ0) is 11.0. The van der Waals surface area contributed by atoms with Crippen molar-refractivity contribution in [3.05, 3.63) is 0 Å². The Morgan fingerprint density at radius 1 is 1.36 bits per heavy atom. The molecular weight excluding hydrogens is 184 g/mol. The van der Waals surface area contributed by atoms with Crippen LogP contribution in [0.15, 0.2) is 0 Å². The van der Waals surface area contributed by atoms with E-state index in [-0.39, 0.29) is 0 Å². The maximum atomic E-state index is 10.1. The lowest BCUT2D eigenvalue weighted by Gasteiger charge is -2.30. The molecule has 82 valence electrons. The van der Waals surface area contributed by atoms with Gasteiger partial charge in [0.25, 0.3) is 5.97 Å². The molecule has 5 nitrogen and oxygen atoms in total. The zero-order valence-corrected chi connectivity index (χ0v) is 8.77. The normalized spacial score (nSPS) is 18.1. The highest BCUT2D eigenvalue weighted by Gasteiger charge is 2.11. The molecule has 14 heavy (non-hydrogen) atoms. The SMILES string of the molecule is CC(=O)O.CN1CCN(CC=O)CC1. The number of carboxylic acids is 1. The lowest BCUT2D eigenvalue weighted by atomic mass is 10.3. The third kappa shape index (κ3) is 7.70. The first-order valence-corrected chi connectivity index (χ1v) is 4.60. The smallest absolute Gasteiger partial charge is 0.300 e. The third-order valence-corrected chi connectivity index (χ3v) is 1.93. The second-order valence-corrected chi connectivity index (χ2v) is 3.29. The fraction of sp³-hybridized carbons (Fsp3) is 0.778. The standard InChI is InChI=1S/C7H14N2O.C2H4O2/c1-8-2-4-9(5-3-8)6-7-10;1-2(3)4/h7H,2-6H2,1H3;1H3,(H,3,4). The van der Waals surface area contributed by atoms with E-state index >= 15 is 0 Å². The summed E-state index contributed by atoms with van der Waals surface area (Å²) in [4.78, 5) is 23.6. The van der Waals surface area contributed by atoms with Crippen molar-refractivity contribution in [1.29, 1.82) is 0 Å². The van der Waals surface area contributed by atoms with Gasteiger partial charge in [-0.15, -0.1) is 0 Å². The van der Waals surface area contributed by atoms with E-state index in [0.717, 1.165) is 39.4 Å². The van der Waals surface area contributed by atoms with Crippen molar-refractivity contribution < 1.29 is 14.7 Å². The molecule has 1 saturated heterocycles. The number of nitrogens with zero attached hydrogens (tertiary/aromatic N) is 2. The zero-order valence-electron chi connectivity index (χ0n) is 8.77. The first-order chi connectivity index (χ1) is 6.56. The van der Waals surface area contributed by atoms with Crippen molar-refractivity contribution in [1.82, 2.24) is 9.80 Å². The molecule has 1 heterocycles. The minimum absolute atomic E-state index is 0.605. The lowest BCUT2D eigenvalue weighted by molar-refractivity contribution is -0.134. The van der Waals surface area contributed by atoms with Gasteiger partial charge in [0.05, 0.1) is 6.54 Å². The summed E-state index contributed by atoms with van der Waals surface area (Å²) in [7, 11) is 2.11. The number of aliphatic carboxylic acids is 1. The summed E-state index contributed by atoms with van der Waals surface area (Å²) in [5.74, 6) is -0.833. The summed E-state index contributed by atoms with van der Waals surface area (Å²) in [5.41, 5.74) is 0. The van der Waals surface area contributed by atoms with Crippen molar-refractivity contribution in [2.45, 2.75) is 6.92 Å². The van der Waals surface area contributed by atoms with Gasteiger partial charge in [0.15, 0.2) is 0 Å². The molecule has 0 amide bonds. The molecule has 0 spiro atoms. The van der Waals surface area contributed by atoms with Crippen LogP contribution in [0.25, 0.3) is 0 Å². The van der Waals surface area contributed by atoms with Gasteiger partial charge in [0.2, 0.25) is 0 Å². The Morgan fingerprint density at radius 2 is 1.79 bits per heavy atom. The van der Waals surface area contributed by atoms with Crippen molar-refractivity contribution in [3.63, 3.8) is 0 Å². The maximum absolute atomic E-state index is 10.1. The van der Waals surface area contributed by atoms with Gasteiger partial charge in [-0.2, -0.15) is 0 Å². The Kier molecular flexibility index (Phi) is 6.96. The molecule has 1 fully saturated rings. The highest BCUT2D eigenvalue weighted by atomic mass is 16.4. The Bertz CT molecular complexity index is 173. The van der Waals surface area contributed by atoms with Gasteiger partial charge in [-0.05, 0) is 7.05 Å². The van der Waals surface area contributed by atoms with E-state index < -0.39 is 5.97 Å². The summed E-state index contributed by atoms with van der Waals surface area (Å²) in [6, 6.07) is 0. The molecule has 0 bridgehead atoms. The van der Waals surface area contributed by atoms with Gasteiger partial charge in [-0.1, -0.05) is 0 Å². The molecule has 0 aliphatic carbocycles. The molecule has 1 aliphatic rings. The average Bonchev–Trinajstić information content (AvgIpc) is 2.08. The van der Waals surface area contributed by atoms with Crippen molar-refractivity contribution in [2.75, 3.05) is 39.8 Å². The number of rotatable bonds is 2. The number of carboxylic acid groups (broad SMARTS) is 1. The Morgan fingerprint density at radius 3 is 2.14 bits per heavy atom. The van der Waals surface area contributed by atoms with Crippen molar-refractivity contribution >= 4 is 12.3 Å². The van der Waals surface area contributed by atoms with Crippen LogP contribution in [-0.2, 0) is 9.59 Å². The molecule has 0 saturated carbocycles. The highest BCUT2D eigenvalue weighted by Crippen LogP contribution is 1.96. The monoisotopic (exact) mass is 202 g/mol. The van der Waals surface area contributed by atoms with Gasteiger partial charge in [0, 0.05) is 33.1 Å². The molecule has 0 unspecified atom stereocenters. The van der Waals surface area contributed by atoms with Gasteiger partial charge >= 0.3 is 0 Å². The molecular formula is C9H18N2O3. The van der Waals surface area contributed by atoms with Gasteiger partial charge in [-0.3, -0.25) is 9.69 Å². The molecule has 0 aromatic carbocycles. The molecule has 0 radical (unpaired) electrons. The largest absolute Gasteiger partial charge is 0.481 e. The van der Waals surface area contributed by atoms with Crippen LogP contribution in [0.3, 0.4) is 0 Å². The second kappa shape index (κ2) is 7.46. The minimum atomic E-state index is -0.833. The van der Waals surface area contributed by atoms with Crippen LogP contribution in [-0.4, -0.2) is 66.9 Å². The van der Waals surface area contributed by atoms with Crippen LogP contribution >= 0.6 is 0 Å². The van der Waals surface area contributed by atoms with E-state index in [1.165, 1.54) is 0 Å². The number of hydrogen-bond donors (Lipinski definition) is 1. The van der Waals surface area contributed by atoms with Crippen molar-refractivity contribution in [3.8, 4) is 0 Å². The number of carbonyl (C=O) groups excluding carboxylic acids is 1. The van der Waals surface area contributed by atoms with E-state index in [1.807, 2.05) is 0 Å². The number of piperazine rings is 1. The lowest BCUT2D eigenvalue weighted by Crippen LogP contribution is -2.44. The van der Waals surface area contributed by atoms with Crippen LogP contribution in [0.4, 0.5) is 0 Å². The third-order valence-electron chi connectivity index (χ3n) is 1.93. The summed E-state index contributed by atoms with van der Waals surface area (Å²) < 4.78 is 0. The summed E-state index contributed by atoms with van der Waals surface area (Å²) >= 11 is 0. The van der Waals surface area contributed by atoms with E-state index in [4.69, 9.17) is 9.90 Å². The highest BCUT2D eigenvalue weighted by molar-refractivity contribution is 5.62. The second-order valence-electron chi connectivity index (χ2n) is 3.29. The first kappa shape index (κ1) is 13.1. The number of carbonyl (C=O) groups is 2. The fourth-order valence-corrected chi connectivity index (χ4v) is 1.14. The topological polar surface area (TPSA) is 60.9 Å². The van der Waals surface area contributed by atoms with E-state index in [0.29, 0.717) is 6.54 Å². The Balaban J connectivity index is 0.000000364. The van der Waals surface area contributed by atoms with Crippen LogP contribution in [0.5, 0.6) is 0 Å². The van der Waals surface area contributed by atoms with E-state index in [9.17, 15) is 4.79 Å². The molecule has 1 rings (SSSR count). The summed E-state index contributed by atoms with van der Waals surface area (Å²) in [5, 5.41) is 7.42. The van der Waals surface area contributed by atoms with Crippen LogP contribution in [0, 0.1) is 0 Å². The van der Waals surface area contributed by atoms with Crippen LogP contribution in [0.1, 0.15) is 6.92 Å². The average molecular weight is 202 g/mol. The maximum Gasteiger partial charge on any atom is 0.300 e. The number of hydrogen-bond acceptors (Lipinski definition) is 4. The van der Waals surface area contributed by atoms with Crippen molar-refractivity contribution in [2.24, 2.45) is 0 Å². The van der Waals surface area contributed by atoms with E-state index in [1.54, 1.807) is 0 Å². The van der Waals surface area contributed by atoms with E-state index in [2.05, 4.69) is 16.8 Å². The Hall–Kier alpha value is -0.940. The predicted molar refractivity (Wildman–Crippen MR) is 53.3 cm³/mol. The Labute approximate surface area is 84.3 Å². The molecule has 0 atom stereocenters. The fourth-order valence-electron chi connectivity index (χ4n) is 1.14. The molecule has 0 aromatic rings. The molecule has 1 aliphatic heterocycles. The van der Waals surface area contributed by atoms with Crippen LogP contribution in [0.2, 0.25) is 0 Å².